The number of nitrogens with zero attached hydrogens (tertiary/aromatic N) is 2. The van der Waals surface area contributed by atoms with Gasteiger partial charge in [-0.2, -0.15) is 5.11 Å². The highest BCUT2D eigenvalue weighted by Crippen LogP contribution is 2.14. The summed E-state index contributed by atoms with van der Waals surface area (Å²) in [5, 5.41) is 6.63. The van der Waals surface area contributed by atoms with Gasteiger partial charge in [0, 0.05) is 17.0 Å². The number of benzene rings is 1. The lowest BCUT2D eigenvalue weighted by Gasteiger charge is -1.94. The van der Waals surface area contributed by atoms with Crippen LogP contribution in [0.5, 0.6) is 0 Å². The van der Waals surface area contributed by atoms with Crippen molar-refractivity contribution in [3.05, 3.63) is 36.0 Å². The molecule has 0 aliphatic carbocycles. The quantitative estimate of drug-likeness (QED) is 0.685. The fraction of sp³-hybridized carbons (Fsp3) is 0.111. The Labute approximate surface area is 74.2 Å². The van der Waals surface area contributed by atoms with Gasteiger partial charge in [-0.25, -0.2) is 0 Å². The molecular formula is C9H8FN3. The Balaban J connectivity index is 2.36. The van der Waals surface area contributed by atoms with E-state index in [0.29, 0.717) is 0 Å². The smallest absolute Gasteiger partial charge is 0.0879 e. The summed E-state index contributed by atoms with van der Waals surface area (Å²) in [4.78, 5) is 3.07. The van der Waals surface area contributed by atoms with Gasteiger partial charge in [-0.3, -0.25) is 0 Å². The van der Waals surface area contributed by atoms with Crippen molar-refractivity contribution in [1.82, 2.24) is 4.98 Å². The van der Waals surface area contributed by atoms with Crippen LogP contribution in [0.3, 0.4) is 0 Å². The summed E-state index contributed by atoms with van der Waals surface area (Å²) in [5.41, 5.74) is 1.97. The van der Waals surface area contributed by atoms with Crippen molar-refractivity contribution in [2.24, 2.45) is 10.5 Å². The molecule has 0 fully saturated rings. The predicted octanol–water partition coefficient (Wildman–Crippen LogP) is 3.00. The third kappa shape index (κ3) is 1.56. The van der Waals surface area contributed by atoms with Gasteiger partial charge in [0.2, 0.25) is 0 Å². The average Bonchev–Trinajstić information content (AvgIpc) is 2.61. The summed E-state index contributed by atoms with van der Waals surface area (Å²) >= 11 is 0. The van der Waals surface area contributed by atoms with E-state index in [4.69, 9.17) is 0 Å². The first kappa shape index (κ1) is 7.91. The molecule has 0 saturated carbocycles. The van der Waals surface area contributed by atoms with Crippen molar-refractivity contribution in [3.8, 4) is 0 Å². The van der Waals surface area contributed by atoms with Crippen LogP contribution in [0.2, 0.25) is 0 Å². The Morgan fingerprint density at radius 3 is 3.08 bits per heavy atom. The van der Waals surface area contributed by atoms with E-state index in [0.717, 1.165) is 16.5 Å². The highest BCUT2D eigenvalue weighted by atomic mass is 19.2. The van der Waals surface area contributed by atoms with Gasteiger partial charge in [-0.05, 0) is 23.1 Å². The lowest BCUT2D eigenvalue weighted by Crippen LogP contribution is -1.79. The van der Waals surface area contributed by atoms with Crippen LogP contribution in [-0.2, 0) is 6.54 Å². The van der Waals surface area contributed by atoms with E-state index in [9.17, 15) is 4.48 Å². The number of aromatic amines is 1. The van der Waals surface area contributed by atoms with Gasteiger partial charge >= 0.3 is 0 Å². The third-order valence-electron chi connectivity index (χ3n) is 1.93. The summed E-state index contributed by atoms with van der Waals surface area (Å²) < 4.78 is 11.4. The van der Waals surface area contributed by atoms with E-state index >= 15 is 0 Å². The Bertz CT molecular complexity index is 433. The second kappa shape index (κ2) is 3.35. The first-order valence-electron chi connectivity index (χ1n) is 3.94. The Morgan fingerprint density at radius 2 is 2.23 bits per heavy atom. The van der Waals surface area contributed by atoms with Crippen molar-refractivity contribution in [3.63, 3.8) is 0 Å². The van der Waals surface area contributed by atoms with Crippen LogP contribution < -0.4 is 0 Å². The van der Waals surface area contributed by atoms with Crippen LogP contribution in [0.25, 0.3) is 10.9 Å². The summed E-state index contributed by atoms with van der Waals surface area (Å²) in [6, 6.07) is 7.79. The van der Waals surface area contributed by atoms with Crippen molar-refractivity contribution in [2.75, 3.05) is 0 Å². The van der Waals surface area contributed by atoms with Crippen LogP contribution >= 0.6 is 0 Å². The van der Waals surface area contributed by atoms with Crippen molar-refractivity contribution >= 4 is 10.9 Å². The monoisotopic (exact) mass is 177 g/mol. The molecule has 0 bridgehead atoms. The fourth-order valence-corrected chi connectivity index (χ4v) is 1.30. The standard InChI is InChI=1S/C9H8FN3/c10-13-12-6-7-1-2-8-3-4-11-9(8)5-7/h1-5,11H,6H2. The van der Waals surface area contributed by atoms with Gasteiger partial charge < -0.3 is 4.98 Å². The Hall–Kier alpha value is -1.71. The fourth-order valence-electron chi connectivity index (χ4n) is 1.30. The number of hydrogen-bond acceptors (Lipinski definition) is 2. The highest BCUT2D eigenvalue weighted by Gasteiger charge is 1.95. The summed E-state index contributed by atoms with van der Waals surface area (Å²) in [6.45, 7) is 0.283. The summed E-state index contributed by atoms with van der Waals surface area (Å²) in [5.74, 6) is 0. The molecule has 0 unspecified atom stereocenters. The van der Waals surface area contributed by atoms with Crippen LogP contribution in [0, 0.1) is 0 Å². The SMILES string of the molecule is FN=NCc1ccc2cc[nH]c2c1. The van der Waals surface area contributed by atoms with Gasteiger partial charge in [-0.15, -0.1) is 0 Å². The minimum atomic E-state index is 0.283. The van der Waals surface area contributed by atoms with Crippen LogP contribution in [0.4, 0.5) is 4.48 Å². The molecule has 2 rings (SSSR count). The Kier molecular flexibility index (Phi) is 2.04. The molecule has 3 nitrogen and oxygen atoms in total. The number of halogens is 1. The van der Waals surface area contributed by atoms with Crippen LogP contribution in [-0.4, -0.2) is 4.98 Å². The first-order chi connectivity index (χ1) is 6.40. The predicted molar refractivity (Wildman–Crippen MR) is 48.0 cm³/mol. The maximum Gasteiger partial charge on any atom is 0.0879 e. The van der Waals surface area contributed by atoms with E-state index in [1.54, 1.807) is 0 Å². The molecule has 1 aromatic heterocycles. The van der Waals surface area contributed by atoms with Crippen molar-refractivity contribution < 1.29 is 4.48 Å². The maximum absolute atomic E-state index is 11.4. The molecule has 0 atom stereocenters. The van der Waals surface area contributed by atoms with E-state index in [1.165, 1.54) is 0 Å². The lowest BCUT2D eigenvalue weighted by molar-refractivity contribution is 0.475. The molecule has 1 aromatic carbocycles. The van der Waals surface area contributed by atoms with Gasteiger partial charge in [-0.1, -0.05) is 16.6 Å². The largest absolute Gasteiger partial charge is 0.361 e. The van der Waals surface area contributed by atoms with E-state index in [1.807, 2.05) is 30.5 Å². The minimum absolute atomic E-state index is 0.283. The molecule has 0 spiro atoms. The van der Waals surface area contributed by atoms with Gasteiger partial charge in [0.15, 0.2) is 0 Å². The molecule has 4 heteroatoms. The third-order valence-corrected chi connectivity index (χ3v) is 1.93. The number of aromatic nitrogens is 1. The molecule has 0 radical (unpaired) electrons. The second-order valence-corrected chi connectivity index (χ2v) is 2.77. The summed E-state index contributed by atoms with van der Waals surface area (Å²) in [7, 11) is 0. The average molecular weight is 177 g/mol. The van der Waals surface area contributed by atoms with Crippen LogP contribution in [0.15, 0.2) is 40.9 Å². The molecule has 0 aliphatic heterocycles. The lowest BCUT2D eigenvalue weighted by atomic mass is 10.2. The molecule has 0 amide bonds. The zero-order valence-corrected chi connectivity index (χ0v) is 6.87. The highest BCUT2D eigenvalue weighted by molar-refractivity contribution is 5.79. The molecule has 0 aliphatic rings. The number of rotatable bonds is 2. The van der Waals surface area contributed by atoms with Gasteiger partial charge in [0.25, 0.3) is 0 Å². The second-order valence-electron chi connectivity index (χ2n) is 2.77. The topological polar surface area (TPSA) is 40.5 Å². The molecule has 0 saturated heterocycles. The zero-order chi connectivity index (χ0) is 9.10. The minimum Gasteiger partial charge on any atom is -0.361 e. The number of H-pyrrole nitrogens is 1. The molecule has 66 valence electrons. The van der Waals surface area contributed by atoms with Crippen LogP contribution in [0.1, 0.15) is 5.56 Å². The van der Waals surface area contributed by atoms with Gasteiger partial charge in [0.1, 0.15) is 0 Å². The molecule has 1 N–H and O–H groups in total. The molecular weight excluding hydrogens is 169 g/mol. The zero-order valence-electron chi connectivity index (χ0n) is 6.87. The number of fused-ring (bicyclic) bond motifs is 1. The maximum atomic E-state index is 11.4. The normalized spacial score (nSPS) is 11.5. The molecule has 13 heavy (non-hydrogen) atoms. The van der Waals surface area contributed by atoms with Crippen molar-refractivity contribution in [1.29, 1.82) is 0 Å². The number of hydrogen-bond donors (Lipinski definition) is 1. The first-order valence-corrected chi connectivity index (χ1v) is 3.94. The van der Waals surface area contributed by atoms with E-state index in [2.05, 4.69) is 15.4 Å². The number of nitrogens with one attached hydrogen (secondary N) is 1. The van der Waals surface area contributed by atoms with Crippen molar-refractivity contribution in [2.45, 2.75) is 6.54 Å². The molecule has 1 heterocycles. The Morgan fingerprint density at radius 1 is 1.31 bits per heavy atom. The van der Waals surface area contributed by atoms with E-state index in [-0.39, 0.29) is 6.54 Å². The van der Waals surface area contributed by atoms with E-state index < -0.39 is 0 Å². The summed E-state index contributed by atoms with van der Waals surface area (Å²) in [6.07, 6.45) is 1.87. The van der Waals surface area contributed by atoms with Gasteiger partial charge in [0.05, 0.1) is 6.54 Å². The molecule has 2 aromatic rings.